The summed E-state index contributed by atoms with van der Waals surface area (Å²) in [5.74, 6) is 1.19. The van der Waals surface area contributed by atoms with E-state index in [9.17, 15) is 4.79 Å². The molecule has 1 rings (SSSR count). The van der Waals surface area contributed by atoms with Gasteiger partial charge in [-0.05, 0) is 47.8 Å². The van der Waals surface area contributed by atoms with Gasteiger partial charge in [0.15, 0.2) is 11.5 Å². The second kappa shape index (κ2) is 8.27. The van der Waals surface area contributed by atoms with Gasteiger partial charge in [0, 0.05) is 18.7 Å². The molecular weight excluding hydrogens is 334 g/mol. The number of hydrogen-bond acceptors (Lipinski definition) is 3. The van der Waals surface area contributed by atoms with Gasteiger partial charge < -0.3 is 14.4 Å². The molecule has 1 unspecified atom stereocenters. The van der Waals surface area contributed by atoms with Crippen LogP contribution >= 0.6 is 15.9 Å². The third-order valence-electron chi connectivity index (χ3n) is 3.50. The molecule has 0 saturated heterocycles. The van der Waals surface area contributed by atoms with Crippen molar-refractivity contribution in [3.63, 3.8) is 0 Å². The Labute approximate surface area is 135 Å². The number of amides is 1. The van der Waals surface area contributed by atoms with Gasteiger partial charge >= 0.3 is 0 Å². The molecule has 0 heterocycles. The Balaban J connectivity index is 3.10. The first-order valence-electron chi connectivity index (χ1n) is 7.23. The largest absolute Gasteiger partial charge is 0.493 e. The Hall–Kier alpha value is -1.23. The van der Waals surface area contributed by atoms with Crippen LogP contribution in [-0.4, -0.2) is 37.6 Å². The first-order valence-corrected chi connectivity index (χ1v) is 8.02. The zero-order valence-electron chi connectivity index (χ0n) is 13.4. The van der Waals surface area contributed by atoms with Crippen LogP contribution in [-0.2, 0) is 0 Å². The van der Waals surface area contributed by atoms with Gasteiger partial charge in [-0.2, -0.15) is 0 Å². The smallest absolute Gasteiger partial charge is 0.254 e. The Morgan fingerprint density at radius 1 is 1.38 bits per heavy atom. The number of ether oxygens (including phenoxy) is 2. The molecule has 0 saturated carbocycles. The quantitative estimate of drug-likeness (QED) is 0.736. The molecule has 1 amide bonds. The minimum absolute atomic E-state index is 0.0228. The van der Waals surface area contributed by atoms with Crippen molar-refractivity contribution >= 4 is 21.8 Å². The van der Waals surface area contributed by atoms with Gasteiger partial charge in [-0.3, -0.25) is 4.79 Å². The van der Waals surface area contributed by atoms with Gasteiger partial charge in [-0.25, -0.2) is 0 Å². The summed E-state index contributed by atoms with van der Waals surface area (Å²) in [7, 11) is 3.39. The zero-order chi connectivity index (χ0) is 16.0. The summed E-state index contributed by atoms with van der Waals surface area (Å²) in [6.45, 7) is 6.74. The van der Waals surface area contributed by atoms with E-state index in [1.54, 1.807) is 24.1 Å². The molecule has 0 spiro atoms. The highest BCUT2D eigenvalue weighted by Crippen LogP contribution is 2.37. The van der Waals surface area contributed by atoms with Gasteiger partial charge in [-0.15, -0.1) is 0 Å². The fourth-order valence-corrected chi connectivity index (χ4v) is 2.42. The molecule has 4 nitrogen and oxygen atoms in total. The van der Waals surface area contributed by atoms with Crippen LogP contribution in [0, 0.1) is 0 Å². The number of carbonyl (C=O) groups excluding carboxylic acids is 1. The van der Waals surface area contributed by atoms with Crippen molar-refractivity contribution in [3.05, 3.63) is 22.2 Å². The molecule has 0 aliphatic heterocycles. The fourth-order valence-electron chi connectivity index (χ4n) is 1.87. The molecule has 0 aromatic heterocycles. The summed E-state index contributed by atoms with van der Waals surface area (Å²) in [6, 6.07) is 3.71. The summed E-state index contributed by atoms with van der Waals surface area (Å²) in [6.07, 6.45) is 1.82. The first kappa shape index (κ1) is 17.8. The summed E-state index contributed by atoms with van der Waals surface area (Å²) >= 11 is 3.46. The molecule has 0 aliphatic rings. The maximum Gasteiger partial charge on any atom is 0.254 e. The summed E-state index contributed by atoms with van der Waals surface area (Å²) in [5.41, 5.74) is 0.588. The van der Waals surface area contributed by atoms with E-state index in [1.165, 1.54) is 0 Å². The first-order chi connectivity index (χ1) is 9.96. The van der Waals surface area contributed by atoms with E-state index < -0.39 is 0 Å². The number of methoxy groups -OCH3 is 1. The molecule has 118 valence electrons. The predicted molar refractivity (Wildman–Crippen MR) is 88.3 cm³/mol. The number of carbonyl (C=O) groups is 1. The van der Waals surface area contributed by atoms with Crippen molar-refractivity contribution in [1.82, 2.24) is 4.90 Å². The number of benzene rings is 1. The molecule has 0 fully saturated rings. The number of halogens is 1. The minimum Gasteiger partial charge on any atom is -0.493 e. The molecule has 1 atom stereocenters. The maximum absolute atomic E-state index is 12.5. The van der Waals surface area contributed by atoms with Crippen LogP contribution in [0.5, 0.6) is 11.5 Å². The van der Waals surface area contributed by atoms with Crippen LogP contribution in [0.4, 0.5) is 0 Å². The standard InChI is InChI=1S/C16H24BrNO3/c1-6-8-21-15-13(17)9-12(10-14(15)20-5)16(19)18(4)11(3)7-2/h9-11H,6-8H2,1-5H3. The van der Waals surface area contributed by atoms with Gasteiger partial charge in [-0.1, -0.05) is 13.8 Å². The average Bonchev–Trinajstić information content (AvgIpc) is 2.50. The third-order valence-corrected chi connectivity index (χ3v) is 4.09. The zero-order valence-corrected chi connectivity index (χ0v) is 15.0. The minimum atomic E-state index is -0.0228. The highest BCUT2D eigenvalue weighted by atomic mass is 79.9. The van der Waals surface area contributed by atoms with Gasteiger partial charge in [0.25, 0.3) is 5.91 Å². The van der Waals surface area contributed by atoms with Crippen molar-refractivity contribution in [3.8, 4) is 11.5 Å². The fraction of sp³-hybridized carbons (Fsp3) is 0.562. The van der Waals surface area contributed by atoms with E-state index in [2.05, 4.69) is 22.9 Å². The second-order valence-corrected chi connectivity index (χ2v) is 5.87. The Bertz CT molecular complexity index is 491. The Morgan fingerprint density at radius 3 is 2.57 bits per heavy atom. The highest BCUT2D eigenvalue weighted by molar-refractivity contribution is 9.10. The van der Waals surface area contributed by atoms with E-state index in [4.69, 9.17) is 9.47 Å². The number of rotatable bonds is 7. The van der Waals surface area contributed by atoms with Crippen LogP contribution in [0.2, 0.25) is 0 Å². The average molecular weight is 358 g/mol. The molecule has 21 heavy (non-hydrogen) atoms. The van der Waals surface area contributed by atoms with Crippen LogP contribution in [0.1, 0.15) is 44.0 Å². The normalized spacial score (nSPS) is 11.9. The summed E-state index contributed by atoms with van der Waals surface area (Å²) < 4.78 is 11.8. The van der Waals surface area contributed by atoms with E-state index in [0.717, 1.165) is 17.3 Å². The Kier molecular flexibility index (Phi) is 7.02. The number of nitrogens with zero attached hydrogens (tertiary/aromatic N) is 1. The molecule has 0 N–H and O–H groups in total. The van der Waals surface area contributed by atoms with Gasteiger partial charge in [0.2, 0.25) is 0 Å². The summed E-state index contributed by atoms with van der Waals surface area (Å²) in [5, 5.41) is 0. The second-order valence-electron chi connectivity index (χ2n) is 5.01. The van der Waals surface area contributed by atoms with Crippen molar-refractivity contribution in [2.45, 2.75) is 39.7 Å². The SMILES string of the molecule is CCCOc1c(Br)cc(C(=O)N(C)C(C)CC)cc1OC. The molecule has 5 heteroatoms. The lowest BCUT2D eigenvalue weighted by Gasteiger charge is -2.24. The monoisotopic (exact) mass is 357 g/mol. The van der Waals surface area contributed by atoms with Crippen molar-refractivity contribution < 1.29 is 14.3 Å². The molecule has 0 radical (unpaired) electrons. The van der Waals surface area contributed by atoms with E-state index in [-0.39, 0.29) is 11.9 Å². The van der Waals surface area contributed by atoms with Gasteiger partial charge in [0.1, 0.15) is 0 Å². The number of hydrogen-bond donors (Lipinski definition) is 0. The Morgan fingerprint density at radius 2 is 2.05 bits per heavy atom. The highest BCUT2D eigenvalue weighted by Gasteiger charge is 2.20. The molecule has 0 bridgehead atoms. The van der Waals surface area contributed by atoms with E-state index in [0.29, 0.717) is 23.7 Å². The van der Waals surface area contributed by atoms with Crippen LogP contribution in [0.3, 0.4) is 0 Å². The van der Waals surface area contributed by atoms with Crippen LogP contribution in [0.15, 0.2) is 16.6 Å². The lowest BCUT2D eigenvalue weighted by atomic mass is 10.1. The summed E-state index contributed by atoms with van der Waals surface area (Å²) in [4.78, 5) is 14.2. The van der Waals surface area contributed by atoms with Crippen LogP contribution in [0.25, 0.3) is 0 Å². The molecule has 0 aliphatic carbocycles. The van der Waals surface area contributed by atoms with Crippen molar-refractivity contribution in [2.75, 3.05) is 20.8 Å². The molecule has 1 aromatic rings. The van der Waals surface area contributed by atoms with Crippen LogP contribution < -0.4 is 9.47 Å². The van der Waals surface area contributed by atoms with Crippen molar-refractivity contribution in [1.29, 1.82) is 0 Å². The van der Waals surface area contributed by atoms with Crippen molar-refractivity contribution in [2.24, 2.45) is 0 Å². The van der Waals surface area contributed by atoms with E-state index >= 15 is 0 Å². The lowest BCUT2D eigenvalue weighted by Crippen LogP contribution is -2.34. The maximum atomic E-state index is 12.5. The van der Waals surface area contributed by atoms with Gasteiger partial charge in [0.05, 0.1) is 18.2 Å². The molecule has 1 aromatic carbocycles. The topological polar surface area (TPSA) is 38.8 Å². The predicted octanol–water partition coefficient (Wildman–Crippen LogP) is 4.12. The lowest BCUT2D eigenvalue weighted by molar-refractivity contribution is 0.0740. The van der Waals surface area contributed by atoms with E-state index in [1.807, 2.05) is 20.9 Å². The third kappa shape index (κ3) is 4.37. The molecular formula is C16H24BrNO3.